The van der Waals surface area contributed by atoms with Gasteiger partial charge >= 0.3 is 0 Å². The number of hydrazone groups is 1. The Morgan fingerprint density at radius 2 is 2.00 bits per heavy atom. The molecule has 0 unspecified atom stereocenters. The van der Waals surface area contributed by atoms with Gasteiger partial charge in [-0.05, 0) is 60.5 Å². The van der Waals surface area contributed by atoms with Crippen LogP contribution in [0.15, 0.2) is 52.9 Å². The number of thiazole rings is 1. The van der Waals surface area contributed by atoms with Crippen LogP contribution in [0.5, 0.6) is 11.5 Å². The Kier molecular flexibility index (Phi) is 4.77. The zero-order valence-corrected chi connectivity index (χ0v) is 14.2. The molecule has 0 aliphatic rings. The van der Waals surface area contributed by atoms with Crippen LogP contribution in [0.3, 0.4) is 0 Å². The molecule has 0 aliphatic heterocycles. The normalized spacial score (nSPS) is 10.9. The summed E-state index contributed by atoms with van der Waals surface area (Å²) in [6.45, 7) is 2.01. The molecule has 0 aliphatic carbocycles. The Hall–Kier alpha value is -2.86. The first-order valence-corrected chi connectivity index (χ1v) is 8.22. The van der Waals surface area contributed by atoms with E-state index in [1.165, 1.54) is 11.3 Å². The van der Waals surface area contributed by atoms with Crippen molar-refractivity contribution in [3.05, 3.63) is 59.0 Å². The zero-order chi connectivity index (χ0) is 16.9. The molecule has 6 heteroatoms. The third-order valence-corrected chi connectivity index (χ3v) is 4.21. The van der Waals surface area contributed by atoms with Gasteiger partial charge in [0.1, 0.15) is 11.5 Å². The maximum atomic E-state index is 9.25. The number of phenolic OH excluding ortho intramolecular Hbond substituents is 1. The number of phenols is 1. The van der Waals surface area contributed by atoms with Crippen molar-refractivity contribution in [2.75, 3.05) is 12.5 Å². The number of hydrogen-bond donors (Lipinski definition) is 2. The molecule has 0 amide bonds. The third-order valence-electron chi connectivity index (χ3n) is 3.46. The van der Waals surface area contributed by atoms with Crippen molar-refractivity contribution in [2.45, 2.75) is 6.92 Å². The summed E-state index contributed by atoms with van der Waals surface area (Å²) in [5.74, 6) is 1.10. The summed E-state index contributed by atoms with van der Waals surface area (Å²) in [6.07, 6.45) is 1.68. The molecule has 0 fully saturated rings. The number of hydrogen-bond acceptors (Lipinski definition) is 6. The topological polar surface area (TPSA) is 66.7 Å². The average molecular weight is 339 g/mol. The minimum absolute atomic E-state index is 0.236. The van der Waals surface area contributed by atoms with Crippen molar-refractivity contribution >= 4 is 22.7 Å². The molecule has 2 N–H and O–H groups in total. The number of anilines is 1. The van der Waals surface area contributed by atoms with E-state index >= 15 is 0 Å². The molecule has 5 nitrogen and oxygen atoms in total. The predicted molar refractivity (Wildman–Crippen MR) is 98.2 cm³/mol. The van der Waals surface area contributed by atoms with Gasteiger partial charge in [0.05, 0.1) is 19.0 Å². The van der Waals surface area contributed by atoms with E-state index in [-0.39, 0.29) is 5.75 Å². The standard InChI is InChI=1S/C18H17N3O2S/c1-12-9-14(5-8-17(12)23-2)16-11-24-18(20-16)21-19-10-13-3-6-15(22)7-4-13/h3-11,22H,1-2H3,(H,20,21)/b19-10+. The molecule has 1 heterocycles. The van der Waals surface area contributed by atoms with Crippen LogP contribution in [0.1, 0.15) is 11.1 Å². The second kappa shape index (κ2) is 7.14. The first-order chi connectivity index (χ1) is 11.7. The van der Waals surface area contributed by atoms with Crippen molar-refractivity contribution in [3.63, 3.8) is 0 Å². The minimum Gasteiger partial charge on any atom is -0.508 e. The Bertz CT molecular complexity index is 857. The van der Waals surface area contributed by atoms with Crippen LogP contribution in [0, 0.1) is 6.92 Å². The minimum atomic E-state index is 0.236. The van der Waals surface area contributed by atoms with Crippen LogP contribution < -0.4 is 10.2 Å². The first kappa shape index (κ1) is 16.0. The van der Waals surface area contributed by atoms with Gasteiger partial charge in [-0.25, -0.2) is 4.98 Å². The highest BCUT2D eigenvalue weighted by Crippen LogP contribution is 2.28. The molecule has 1 aromatic heterocycles. The van der Waals surface area contributed by atoms with E-state index < -0.39 is 0 Å². The van der Waals surface area contributed by atoms with E-state index in [0.29, 0.717) is 5.13 Å². The Morgan fingerprint density at radius 1 is 1.21 bits per heavy atom. The smallest absolute Gasteiger partial charge is 0.203 e. The van der Waals surface area contributed by atoms with E-state index in [9.17, 15) is 5.11 Å². The van der Waals surface area contributed by atoms with Crippen LogP contribution in [0.25, 0.3) is 11.3 Å². The molecular weight excluding hydrogens is 322 g/mol. The number of nitrogens with one attached hydrogen (secondary N) is 1. The molecule has 0 atom stereocenters. The SMILES string of the molecule is COc1ccc(-c2csc(N/N=C/c3ccc(O)cc3)n2)cc1C. The van der Waals surface area contributed by atoms with Crippen molar-refractivity contribution in [1.29, 1.82) is 0 Å². The second-order valence-electron chi connectivity index (χ2n) is 5.18. The lowest BCUT2D eigenvalue weighted by Gasteiger charge is -2.05. The van der Waals surface area contributed by atoms with Gasteiger partial charge in [0.15, 0.2) is 0 Å². The van der Waals surface area contributed by atoms with E-state index in [4.69, 9.17) is 4.74 Å². The Balaban J connectivity index is 1.69. The number of aryl methyl sites for hydroxylation is 1. The van der Waals surface area contributed by atoms with E-state index in [1.54, 1.807) is 37.6 Å². The average Bonchev–Trinajstić information content (AvgIpc) is 3.05. The van der Waals surface area contributed by atoms with E-state index in [1.807, 2.05) is 24.4 Å². The van der Waals surface area contributed by atoms with Crippen molar-refractivity contribution in [2.24, 2.45) is 5.10 Å². The molecule has 0 saturated carbocycles. The van der Waals surface area contributed by atoms with Gasteiger partial charge in [0.25, 0.3) is 0 Å². The second-order valence-corrected chi connectivity index (χ2v) is 6.04. The summed E-state index contributed by atoms with van der Waals surface area (Å²) in [5, 5.41) is 16.1. The van der Waals surface area contributed by atoms with E-state index in [2.05, 4.69) is 21.6 Å². The van der Waals surface area contributed by atoms with Crippen LogP contribution in [-0.4, -0.2) is 23.4 Å². The molecule has 0 radical (unpaired) electrons. The summed E-state index contributed by atoms with van der Waals surface area (Å²) in [6, 6.07) is 12.8. The summed E-state index contributed by atoms with van der Waals surface area (Å²) >= 11 is 1.49. The maximum absolute atomic E-state index is 9.25. The fraction of sp³-hybridized carbons (Fsp3) is 0.111. The summed E-state index contributed by atoms with van der Waals surface area (Å²) < 4.78 is 5.28. The number of benzene rings is 2. The van der Waals surface area contributed by atoms with Crippen LogP contribution in [0.4, 0.5) is 5.13 Å². The van der Waals surface area contributed by atoms with Crippen LogP contribution in [-0.2, 0) is 0 Å². The Morgan fingerprint density at radius 3 is 2.71 bits per heavy atom. The number of ether oxygens (including phenoxy) is 1. The van der Waals surface area contributed by atoms with Crippen molar-refractivity contribution < 1.29 is 9.84 Å². The number of methoxy groups -OCH3 is 1. The lowest BCUT2D eigenvalue weighted by atomic mass is 10.1. The molecule has 0 spiro atoms. The Labute approximate surface area is 144 Å². The van der Waals surface area contributed by atoms with Crippen LogP contribution >= 0.6 is 11.3 Å². The fourth-order valence-electron chi connectivity index (χ4n) is 2.22. The highest BCUT2D eigenvalue weighted by molar-refractivity contribution is 7.14. The monoisotopic (exact) mass is 339 g/mol. The first-order valence-electron chi connectivity index (χ1n) is 7.34. The quantitative estimate of drug-likeness (QED) is 0.538. The third kappa shape index (κ3) is 3.72. The molecule has 0 bridgehead atoms. The highest BCUT2D eigenvalue weighted by atomic mass is 32.1. The van der Waals surface area contributed by atoms with Crippen LogP contribution in [0.2, 0.25) is 0 Å². The largest absolute Gasteiger partial charge is 0.508 e. The molecule has 2 aromatic carbocycles. The van der Waals surface area contributed by atoms with Crippen molar-refractivity contribution in [3.8, 4) is 22.8 Å². The fourth-order valence-corrected chi connectivity index (χ4v) is 2.89. The van der Waals surface area contributed by atoms with Gasteiger partial charge in [-0.3, -0.25) is 5.43 Å². The summed E-state index contributed by atoms with van der Waals surface area (Å²) in [7, 11) is 1.67. The number of aromatic hydroxyl groups is 1. The van der Waals surface area contributed by atoms with Gasteiger partial charge in [0.2, 0.25) is 5.13 Å². The van der Waals surface area contributed by atoms with Gasteiger partial charge in [-0.1, -0.05) is 0 Å². The lowest BCUT2D eigenvalue weighted by molar-refractivity contribution is 0.412. The number of aromatic nitrogens is 1. The molecule has 24 heavy (non-hydrogen) atoms. The van der Waals surface area contributed by atoms with Gasteiger partial charge < -0.3 is 9.84 Å². The summed E-state index contributed by atoms with van der Waals surface area (Å²) in [5.41, 5.74) is 6.83. The van der Waals surface area contributed by atoms with E-state index in [0.717, 1.165) is 28.1 Å². The van der Waals surface area contributed by atoms with Gasteiger partial charge in [-0.15, -0.1) is 11.3 Å². The molecule has 0 saturated heterocycles. The molecule has 122 valence electrons. The van der Waals surface area contributed by atoms with Gasteiger partial charge in [0, 0.05) is 10.9 Å². The van der Waals surface area contributed by atoms with Crippen molar-refractivity contribution in [1.82, 2.24) is 4.98 Å². The molecule has 3 rings (SSSR count). The lowest BCUT2D eigenvalue weighted by Crippen LogP contribution is -1.90. The summed E-state index contributed by atoms with van der Waals surface area (Å²) in [4.78, 5) is 4.54. The van der Waals surface area contributed by atoms with Gasteiger partial charge in [-0.2, -0.15) is 5.10 Å². The highest BCUT2D eigenvalue weighted by Gasteiger charge is 2.06. The number of nitrogens with zero attached hydrogens (tertiary/aromatic N) is 2. The number of rotatable bonds is 5. The maximum Gasteiger partial charge on any atom is 0.203 e. The molecule has 3 aromatic rings. The zero-order valence-electron chi connectivity index (χ0n) is 13.4. The predicted octanol–water partition coefficient (Wildman–Crippen LogP) is 4.28. The molecular formula is C18H17N3O2S.